The fourth-order valence-corrected chi connectivity index (χ4v) is 2.93. The van der Waals surface area contributed by atoms with Gasteiger partial charge in [-0.2, -0.15) is 0 Å². The fourth-order valence-electron chi connectivity index (χ4n) is 2.93. The summed E-state index contributed by atoms with van der Waals surface area (Å²) in [5, 5.41) is 17.3. The molecule has 0 aliphatic rings. The topological polar surface area (TPSA) is 98.6 Å². The van der Waals surface area contributed by atoms with Crippen LogP contribution in [0, 0.1) is 13.8 Å². The molecular weight excluding hydrogens is 372 g/mol. The molecule has 4 rings (SSSR count). The van der Waals surface area contributed by atoms with Gasteiger partial charge in [0.25, 0.3) is 11.8 Å². The lowest BCUT2D eigenvalue weighted by Crippen LogP contribution is -2.05. The molecule has 0 saturated carbocycles. The first-order valence-corrected chi connectivity index (χ1v) is 8.96. The summed E-state index contributed by atoms with van der Waals surface area (Å²) in [7, 11) is 0. The Kier molecular flexibility index (Phi) is 4.87. The standard InChI is InChI=1S/C22H18N2O5/c1-13-11-19(14(2)28-13)21-24-23-20(29-21)12-27-22(26)17-5-3-15(4-6-17)16-7-9-18(25)10-8-16/h3-11,25H,12H2,1-2H3. The molecule has 1 N–H and O–H groups in total. The highest BCUT2D eigenvalue weighted by atomic mass is 16.5. The van der Waals surface area contributed by atoms with Gasteiger partial charge in [-0.3, -0.25) is 0 Å². The van der Waals surface area contributed by atoms with Crippen LogP contribution in [0.3, 0.4) is 0 Å². The van der Waals surface area contributed by atoms with Crippen molar-refractivity contribution in [1.29, 1.82) is 0 Å². The number of aromatic hydroxyl groups is 1. The minimum absolute atomic E-state index is 0.124. The van der Waals surface area contributed by atoms with Crippen molar-refractivity contribution in [2.75, 3.05) is 0 Å². The Hall–Kier alpha value is -3.87. The van der Waals surface area contributed by atoms with Gasteiger partial charge in [-0.15, -0.1) is 10.2 Å². The van der Waals surface area contributed by atoms with E-state index in [0.29, 0.717) is 17.2 Å². The summed E-state index contributed by atoms with van der Waals surface area (Å²) in [6.45, 7) is 3.53. The number of benzene rings is 2. The number of furan rings is 1. The first-order valence-electron chi connectivity index (χ1n) is 8.96. The van der Waals surface area contributed by atoms with Crippen molar-refractivity contribution in [2.45, 2.75) is 20.5 Å². The number of aromatic nitrogens is 2. The monoisotopic (exact) mass is 390 g/mol. The summed E-state index contributed by atoms with van der Waals surface area (Å²) in [6, 6.07) is 15.6. The number of nitrogens with zero attached hydrogens (tertiary/aromatic N) is 2. The number of hydrogen-bond acceptors (Lipinski definition) is 7. The first-order chi connectivity index (χ1) is 14.0. The van der Waals surface area contributed by atoms with Crippen LogP contribution in [0.1, 0.15) is 27.8 Å². The van der Waals surface area contributed by atoms with Crippen molar-refractivity contribution in [3.63, 3.8) is 0 Å². The Morgan fingerprint density at radius 1 is 0.966 bits per heavy atom. The Bertz CT molecular complexity index is 1140. The van der Waals surface area contributed by atoms with E-state index in [1.54, 1.807) is 36.4 Å². The number of carbonyl (C=O) groups excluding carboxylic acids is 1. The molecule has 4 aromatic rings. The highest BCUT2D eigenvalue weighted by Crippen LogP contribution is 2.26. The minimum atomic E-state index is -0.489. The molecule has 7 heteroatoms. The van der Waals surface area contributed by atoms with E-state index in [-0.39, 0.29) is 18.2 Å². The second kappa shape index (κ2) is 7.63. The highest BCUT2D eigenvalue weighted by molar-refractivity contribution is 5.90. The molecule has 146 valence electrons. The number of phenols is 1. The van der Waals surface area contributed by atoms with Crippen molar-refractivity contribution in [2.24, 2.45) is 0 Å². The normalized spacial score (nSPS) is 10.8. The van der Waals surface area contributed by atoms with Crippen molar-refractivity contribution >= 4 is 5.97 Å². The van der Waals surface area contributed by atoms with Crippen molar-refractivity contribution in [3.05, 3.63) is 77.6 Å². The van der Waals surface area contributed by atoms with Gasteiger partial charge in [0, 0.05) is 0 Å². The van der Waals surface area contributed by atoms with Crippen LogP contribution in [0.2, 0.25) is 0 Å². The number of esters is 1. The van der Waals surface area contributed by atoms with E-state index in [1.807, 2.05) is 32.0 Å². The summed E-state index contributed by atoms with van der Waals surface area (Å²) >= 11 is 0. The van der Waals surface area contributed by atoms with Gasteiger partial charge in [-0.05, 0) is 55.3 Å². The van der Waals surface area contributed by atoms with Gasteiger partial charge in [0.2, 0.25) is 0 Å². The molecule has 2 heterocycles. The SMILES string of the molecule is Cc1cc(-c2nnc(COC(=O)c3ccc(-c4ccc(O)cc4)cc3)o2)c(C)o1. The molecule has 0 unspecified atom stereocenters. The van der Waals surface area contributed by atoms with Gasteiger partial charge in [-0.1, -0.05) is 24.3 Å². The minimum Gasteiger partial charge on any atom is -0.508 e. The Balaban J connectivity index is 1.40. The third-order valence-corrected chi connectivity index (χ3v) is 4.39. The molecule has 0 bridgehead atoms. The van der Waals surface area contributed by atoms with E-state index in [9.17, 15) is 9.90 Å². The highest BCUT2D eigenvalue weighted by Gasteiger charge is 2.16. The predicted molar refractivity (Wildman–Crippen MR) is 104 cm³/mol. The molecular formula is C22H18N2O5. The summed E-state index contributed by atoms with van der Waals surface area (Å²) in [6.07, 6.45) is 0. The fraction of sp³-hybridized carbons (Fsp3) is 0.136. The maximum absolute atomic E-state index is 12.3. The number of ether oxygens (including phenoxy) is 1. The van der Waals surface area contributed by atoms with Gasteiger partial charge >= 0.3 is 5.97 Å². The van der Waals surface area contributed by atoms with Crippen LogP contribution in [0.15, 0.2) is 63.4 Å². The molecule has 0 fully saturated rings. The molecule has 0 saturated heterocycles. The van der Waals surface area contributed by atoms with Gasteiger partial charge in [0.1, 0.15) is 17.3 Å². The third kappa shape index (κ3) is 4.03. The van der Waals surface area contributed by atoms with E-state index in [1.165, 1.54) is 0 Å². The van der Waals surface area contributed by atoms with Gasteiger partial charge in [-0.25, -0.2) is 4.79 Å². The number of phenolic OH excluding ortho intramolecular Hbond substituents is 1. The summed E-state index contributed by atoms with van der Waals surface area (Å²) in [5.41, 5.74) is 2.99. The zero-order valence-electron chi connectivity index (χ0n) is 15.9. The van der Waals surface area contributed by atoms with Gasteiger partial charge in [0.15, 0.2) is 6.61 Å². The Morgan fingerprint density at radius 2 is 1.62 bits per heavy atom. The number of rotatable bonds is 5. The number of hydrogen-bond donors (Lipinski definition) is 1. The maximum atomic E-state index is 12.3. The quantitative estimate of drug-likeness (QED) is 0.494. The average molecular weight is 390 g/mol. The van der Waals surface area contributed by atoms with Crippen molar-refractivity contribution < 1.29 is 23.5 Å². The van der Waals surface area contributed by atoms with Crippen LogP contribution in [-0.2, 0) is 11.3 Å². The molecule has 0 radical (unpaired) electrons. The predicted octanol–water partition coefficient (Wildman–Crippen LogP) is 4.68. The zero-order valence-corrected chi connectivity index (χ0v) is 15.9. The van der Waals surface area contributed by atoms with E-state index in [0.717, 1.165) is 22.5 Å². The van der Waals surface area contributed by atoms with Crippen LogP contribution in [0.4, 0.5) is 0 Å². The average Bonchev–Trinajstić information content (AvgIpc) is 3.32. The zero-order chi connectivity index (χ0) is 20.4. The molecule has 7 nitrogen and oxygen atoms in total. The second-order valence-corrected chi connectivity index (χ2v) is 6.53. The lowest BCUT2D eigenvalue weighted by Gasteiger charge is -2.05. The molecule has 2 aromatic heterocycles. The lowest BCUT2D eigenvalue weighted by atomic mass is 10.0. The van der Waals surface area contributed by atoms with Crippen molar-refractivity contribution in [1.82, 2.24) is 10.2 Å². The summed E-state index contributed by atoms with van der Waals surface area (Å²) in [4.78, 5) is 12.3. The van der Waals surface area contributed by atoms with E-state index in [2.05, 4.69) is 10.2 Å². The largest absolute Gasteiger partial charge is 0.508 e. The smallest absolute Gasteiger partial charge is 0.338 e. The molecule has 0 spiro atoms. The first kappa shape index (κ1) is 18.5. The maximum Gasteiger partial charge on any atom is 0.338 e. The van der Waals surface area contributed by atoms with Gasteiger partial charge < -0.3 is 18.7 Å². The van der Waals surface area contributed by atoms with Crippen LogP contribution >= 0.6 is 0 Å². The molecule has 0 aliphatic heterocycles. The molecule has 0 aliphatic carbocycles. The Labute approximate surface area is 166 Å². The molecule has 2 aromatic carbocycles. The lowest BCUT2D eigenvalue weighted by molar-refractivity contribution is 0.0438. The van der Waals surface area contributed by atoms with E-state index >= 15 is 0 Å². The third-order valence-electron chi connectivity index (χ3n) is 4.39. The number of carbonyl (C=O) groups is 1. The van der Waals surface area contributed by atoms with Crippen LogP contribution in [0.5, 0.6) is 5.75 Å². The van der Waals surface area contributed by atoms with E-state index < -0.39 is 5.97 Å². The van der Waals surface area contributed by atoms with E-state index in [4.69, 9.17) is 13.6 Å². The van der Waals surface area contributed by atoms with Crippen LogP contribution in [-0.4, -0.2) is 21.3 Å². The summed E-state index contributed by atoms with van der Waals surface area (Å²) in [5.74, 6) is 1.67. The number of aryl methyl sites for hydroxylation is 2. The second-order valence-electron chi connectivity index (χ2n) is 6.53. The molecule has 0 atom stereocenters. The Morgan fingerprint density at radius 3 is 2.24 bits per heavy atom. The van der Waals surface area contributed by atoms with Crippen molar-refractivity contribution in [3.8, 4) is 28.3 Å². The van der Waals surface area contributed by atoms with Crippen LogP contribution in [0.25, 0.3) is 22.6 Å². The summed E-state index contributed by atoms with van der Waals surface area (Å²) < 4.78 is 16.3. The molecule has 29 heavy (non-hydrogen) atoms. The van der Waals surface area contributed by atoms with Gasteiger partial charge in [0.05, 0.1) is 11.1 Å². The van der Waals surface area contributed by atoms with Crippen LogP contribution < -0.4 is 0 Å². The molecule has 0 amide bonds.